The number of aromatic amines is 1. The Balaban J connectivity index is 1.28. The van der Waals surface area contributed by atoms with Gasteiger partial charge in [-0.2, -0.15) is 0 Å². The summed E-state index contributed by atoms with van der Waals surface area (Å²) >= 11 is 0. The van der Waals surface area contributed by atoms with Crippen LogP contribution >= 0.6 is 0 Å². The molecular weight excluding hydrogens is 414 g/mol. The van der Waals surface area contributed by atoms with Gasteiger partial charge in [0.25, 0.3) is 0 Å². The molecule has 10 heteroatoms. The van der Waals surface area contributed by atoms with Gasteiger partial charge in [-0.25, -0.2) is 9.59 Å². The molecule has 1 amide bonds. The molecule has 0 aliphatic carbocycles. The first-order chi connectivity index (χ1) is 15.5. The fourth-order valence-corrected chi connectivity index (χ4v) is 3.83. The van der Waals surface area contributed by atoms with Gasteiger partial charge in [-0.05, 0) is 32.1 Å². The van der Waals surface area contributed by atoms with Gasteiger partial charge in [0, 0.05) is 31.3 Å². The predicted molar refractivity (Wildman–Crippen MR) is 115 cm³/mol. The SMILES string of the molecule is Cc1cc(-c2onc(C)c2COC(=O)N2CC=C(n3c(=O)[nH]c4ccccc43)CC2)no1. The normalized spacial score (nSPS) is 14.1. The summed E-state index contributed by atoms with van der Waals surface area (Å²) in [4.78, 5) is 29.5. The number of imidazole rings is 1. The number of carbonyl (C=O) groups is 1. The lowest BCUT2D eigenvalue weighted by Gasteiger charge is -2.26. The number of nitrogens with one attached hydrogen (secondary N) is 1. The largest absolute Gasteiger partial charge is 0.444 e. The highest BCUT2D eigenvalue weighted by atomic mass is 16.6. The number of para-hydroxylation sites is 2. The summed E-state index contributed by atoms with van der Waals surface area (Å²) in [6.45, 7) is 4.34. The number of fused-ring (bicyclic) bond motifs is 1. The van der Waals surface area contributed by atoms with Crippen molar-refractivity contribution in [2.45, 2.75) is 26.9 Å². The number of carbonyl (C=O) groups excluding carboxylic acids is 1. The minimum absolute atomic E-state index is 0.00435. The fraction of sp³-hybridized carbons (Fsp3) is 0.273. The number of H-pyrrole nitrogens is 1. The van der Waals surface area contributed by atoms with Crippen LogP contribution in [0.3, 0.4) is 0 Å². The van der Waals surface area contributed by atoms with E-state index < -0.39 is 6.09 Å². The van der Waals surface area contributed by atoms with E-state index in [0.717, 1.165) is 16.7 Å². The molecule has 0 unspecified atom stereocenters. The molecule has 4 aromatic rings. The molecule has 0 atom stereocenters. The molecule has 3 aromatic heterocycles. The van der Waals surface area contributed by atoms with Crippen molar-refractivity contribution in [3.05, 3.63) is 63.9 Å². The van der Waals surface area contributed by atoms with Crippen LogP contribution in [0.2, 0.25) is 0 Å². The van der Waals surface area contributed by atoms with Gasteiger partial charge in [0.15, 0.2) is 11.5 Å². The maximum Gasteiger partial charge on any atom is 0.410 e. The van der Waals surface area contributed by atoms with Gasteiger partial charge in [-0.3, -0.25) is 4.57 Å². The van der Waals surface area contributed by atoms with E-state index in [-0.39, 0.29) is 12.3 Å². The van der Waals surface area contributed by atoms with Crippen LogP contribution < -0.4 is 5.69 Å². The van der Waals surface area contributed by atoms with Crippen molar-refractivity contribution in [2.24, 2.45) is 0 Å². The van der Waals surface area contributed by atoms with Crippen molar-refractivity contribution >= 4 is 22.8 Å². The van der Waals surface area contributed by atoms with E-state index in [1.807, 2.05) is 30.3 Å². The van der Waals surface area contributed by atoms with Crippen molar-refractivity contribution in [1.82, 2.24) is 24.8 Å². The van der Waals surface area contributed by atoms with Crippen LogP contribution in [-0.2, 0) is 11.3 Å². The molecule has 4 heterocycles. The fourth-order valence-electron chi connectivity index (χ4n) is 3.83. The first-order valence-electron chi connectivity index (χ1n) is 10.2. The van der Waals surface area contributed by atoms with E-state index >= 15 is 0 Å². The Labute approximate surface area is 182 Å². The van der Waals surface area contributed by atoms with Crippen molar-refractivity contribution in [3.8, 4) is 11.5 Å². The van der Waals surface area contributed by atoms with Crippen LogP contribution in [-0.4, -0.2) is 43.9 Å². The molecular formula is C22H21N5O5. The van der Waals surface area contributed by atoms with E-state index in [4.69, 9.17) is 13.8 Å². The van der Waals surface area contributed by atoms with Gasteiger partial charge in [0.1, 0.15) is 12.4 Å². The number of ether oxygens (including phenoxy) is 1. The third kappa shape index (κ3) is 3.49. The zero-order chi connectivity index (χ0) is 22.2. The van der Waals surface area contributed by atoms with E-state index in [1.54, 1.807) is 29.4 Å². The molecule has 0 fully saturated rings. The zero-order valence-electron chi connectivity index (χ0n) is 17.6. The van der Waals surface area contributed by atoms with Gasteiger partial charge in [0.05, 0.1) is 22.3 Å². The lowest BCUT2D eigenvalue weighted by atomic mass is 10.1. The molecule has 1 aromatic carbocycles. The summed E-state index contributed by atoms with van der Waals surface area (Å²) in [6.07, 6.45) is 1.96. The highest BCUT2D eigenvalue weighted by molar-refractivity contribution is 5.79. The van der Waals surface area contributed by atoms with E-state index in [9.17, 15) is 9.59 Å². The monoisotopic (exact) mass is 435 g/mol. The van der Waals surface area contributed by atoms with Crippen LogP contribution in [0.4, 0.5) is 4.79 Å². The Morgan fingerprint density at radius 3 is 2.81 bits per heavy atom. The zero-order valence-corrected chi connectivity index (χ0v) is 17.6. The summed E-state index contributed by atoms with van der Waals surface area (Å²) in [6, 6.07) is 9.25. The minimum Gasteiger partial charge on any atom is -0.444 e. The lowest BCUT2D eigenvalue weighted by Crippen LogP contribution is -2.36. The van der Waals surface area contributed by atoms with Crippen molar-refractivity contribution in [1.29, 1.82) is 0 Å². The quantitative estimate of drug-likeness (QED) is 0.521. The molecule has 0 saturated heterocycles. The summed E-state index contributed by atoms with van der Waals surface area (Å²) in [5.74, 6) is 1.06. The van der Waals surface area contributed by atoms with Gasteiger partial charge in [0.2, 0.25) is 0 Å². The first-order valence-corrected chi connectivity index (χ1v) is 10.2. The third-order valence-corrected chi connectivity index (χ3v) is 5.51. The maximum absolute atomic E-state index is 12.6. The summed E-state index contributed by atoms with van der Waals surface area (Å²) in [5.41, 5.74) is 4.03. The number of amides is 1. The smallest absolute Gasteiger partial charge is 0.410 e. The van der Waals surface area contributed by atoms with Gasteiger partial charge >= 0.3 is 11.8 Å². The van der Waals surface area contributed by atoms with Gasteiger partial charge in [-0.1, -0.05) is 22.4 Å². The van der Waals surface area contributed by atoms with Crippen molar-refractivity contribution < 1.29 is 18.6 Å². The maximum atomic E-state index is 12.6. The molecule has 0 spiro atoms. The molecule has 5 rings (SSSR count). The van der Waals surface area contributed by atoms with E-state index in [0.29, 0.717) is 48.0 Å². The summed E-state index contributed by atoms with van der Waals surface area (Å²) < 4.78 is 17.6. The number of aromatic nitrogens is 4. The molecule has 0 bridgehead atoms. The molecule has 32 heavy (non-hydrogen) atoms. The van der Waals surface area contributed by atoms with Crippen molar-refractivity contribution in [3.63, 3.8) is 0 Å². The highest BCUT2D eigenvalue weighted by Crippen LogP contribution is 2.27. The molecule has 0 saturated carbocycles. The molecule has 1 N–H and O–H groups in total. The highest BCUT2D eigenvalue weighted by Gasteiger charge is 2.24. The molecule has 164 valence electrons. The average Bonchev–Trinajstić information content (AvgIpc) is 3.48. The number of benzene rings is 1. The van der Waals surface area contributed by atoms with E-state index in [2.05, 4.69) is 15.3 Å². The third-order valence-electron chi connectivity index (χ3n) is 5.51. The average molecular weight is 435 g/mol. The van der Waals surface area contributed by atoms with E-state index in [1.165, 1.54) is 0 Å². The second-order valence-corrected chi connectivity index (χ2v) is 7.63. The number of nitrogens with zero attached hydrogens (tertiary/aromatic N) is 4. The van der Waals surface area contributed by atoms with Crippen LogP contribution in [0, 0.1) is 13.8 Å². The molecule has 0 radical (unpaired) electrons. The van der Waals surface area contributed by atoms with Crippen molar-refractivity contribution in [2.75, 3.05) is 13.1 Å². The van der Waals surface area contributed by atoms with Crippen LogP contribution in [0.5, 0.6) is 0 Å². The Hall–Kier alpha value is -4.08. The second kappa shape index (κ2) is 7.88. The Kier molecular flexibility index (Phi) is 4.89. The predicted octanol–water partition coefficient (Wildman–Crippen LogP) is 3.47. The summed E-state index contributed by atoms with van der Waals surface area (Å²) in [7, 11) is 0. The first kappa shape index (κ1) is 19.9. The Morgan fingerprint density at radius 1 is 1.22 bits per heavy atom. The number of hydrogen-bond donors (Lipinski definition) is 1. The lowest BCUT2D eigenvalue weighted by molar-refractivity contribution is 0.0995. The Bertz CT molecular complexity index is 1390. The minimum atomic E-state index is -0.450. The van der Waals surface area contributed by atoms with Crippen LogP contribution in [0.1, 0.15) is 23.4 Å². The second-order valence-electron chi connectivity index (χ2n) is 7.63. The number of rotatable bonds is 4. The van der Waals surface area contributed by atoms with Gasteiger partial charge < -0.3 is 23.7 Å². The standard InChI is InChI=1S/C22H21N5O5/c1-13-11-18(25-31-13)20-16(14(2)24-32-20)12-30-22(29)26-9-7-15(8-10-26)27-19-6-4-3-5-17(19)23-21(27)28/h3-7,11H,8-10,12H2,1-2H3,(H,23,28). The van der Waals surface area contributed by atoms with Gasteiger partial charge in [-0.15, -0.1) is 0 Å². The van der Waals surface area contributed by atoms with Crippen LogP contribution in [0.15, 0.2) is 50.2 Å². The Morgan fingerprint density at radius 2 is 2.06 bits per heavy atom. The molecule has 10 nitrogen and oxygen atoms in total. The molecule has 1 aliphatic heterocycles. The number of hydrogen-bond acceptors (Lipinski definition) is 7. The number of aryl methyl sites for hydroxylation is 2. The summed E-state index contributed by atoms with van der Waals surface area (Å²) in [5, 5.41) is 7.90. The molecule has 1 aliphatic rings. The topological polar surface area (TPSA) is 119 Å². The van der Waals surface area contributed by atoms with Crippen LogP contribution in [0.25, 0.3) is 28.2 Å².